The summed E-state index contributed by atoms with van der Waals surface area (Å²) in [5, 5.41) is 11.4. The quantitative estimate of drug-likeness (QED) is 0.880. The second-order valence-electron chi connectivity index (χ2n) is 3.90. The fourth-order valence-electron chi connectivity index (χ4n) is 1.69. The Morgan fingerprint density at radius 2 is 2.18 bits per heavy atom. The molecule has 0 aliphatic rings. The summed E-state index contributed by atoms with van der Waals surface area (Å²) >= 11 is 0. The molecule has 17 heavy (non-hydrogen) atoms. The standard InChI is InChI=1S/C11H16FN5/c1-4-17-11(12)9(8(2)14-17)7-13-10-5-6-16(3)15-10/h5-6H,4,7H2,1-3H3,(H,13,15). The lowest BCUT2D eigenvalue weighted by Crippen LogP contribution is -2.05. The lowest BCUT2D eigenvalue weighted by molar-refractivity contribution is 0.464. The van der Waals surface area contributed by atoms with Crippen molar-refractivity contribution in [3.05, 3.63) is 29.5 Å². The Morgan fingerprint density at radius 1 is 1.41 bits per heavy atom. The van der Waals surface area contributed by atoms with Gasteiger partial charge in [0.1, 0.15) is 5.82 Å². The van der Waals surface area contributed by atoms with E-state index in [1.807, 2.05) is 33.2 Å². The molecule has 0 aliphatic heterocycles. The van der Waals surface area contributed by atoms with Gasteiger partial charge in [-0.2, -0.15) is 14.6 Å². The minimum absolute atomic E-state index is 0.270. The van der Waals surface area contributed by atoms with Gasteiger partial charge in [0.25, 0.3) is 0 Å². The van der Waals surface area contributed by atoms with Crippen molar-refractivity contribution in [2.24, 2.45) is 7.05 Å². The third-order valence-corrected chi connectivity index (χ3v) is 2.64. The maximum Gasteiger partial charge on any atom is 0.216 e. The van der Waals surface area contributed by atoms with E-state index in [0.29, 0.717) is 24.3 Å². The van der Waals surface area contributed by atoms with E-state index in [-0.39, 0.29) is 5.95 Å². The summed E-state index contributed by atoms with van der Waals surface area (Å²) in [5.74, 6) is 0.462. The first-order chi connectivity index (χ1) is 8.11. The molecule has 6 heteroatoms. The zero-order chi connectivity index (χ0) is 12.4. The molecule has 0 aliphatic carbocycles. The number of hydrogen-bond acceptors (Lipinski definition) is 3. The van der Waals surface area contributed by atoms with Crippen LogP contribution in [0.5, 0.6) is 0 Å². The maximum absolute atomic E-state index is 13.8. The van der Waals surface area contributed by atoms with E-state index in [0.717, 1.165) is 5.82 Å². The van der Waals surface area contributed by atoms with Crippen LogP contribution in [0.25, 0.3) is 0 Å². The van der Waals surface area contributed by atoms with Crippen molar-refractivity contribution < 1.29 is 4.39 Å². The Morgan fingerprint density at radius 3 is 2.71 bits per heavy atom. The van der Waals surface area contributed by atoms with E-state index in [9.17, 15) is 4.39 Å². The van der Waals surface area contributed by atoms with Gasteiger partial charge in [-0.1, -0.05) is 0 Å². The van der Waals surface area contributed by atoms with Crippen LogP contribution in [0.1, 0.15) is 18.2 Å². The molecule has 0 spiro atoms. The molecule has 0 fully saturated rings. The molecule has 0 unspecified atom stereocenters. The smallest absolute Gasteiger partial charge is 0.216 e. The fourth-order valence-corrected chi connectivity index (χ4v) is 1.69. The molecule has 0 radical (unpaired) electrons. The monoisotopic (exact) mass is 237 g/mol. The maximum atomic E-state index is 13.8. The van der Waals surface area contributed by atoms with E-state index < -0.39 is 0 Å². The summed E-state index contributed by atoms with van der Waals surface area (Å²) in [6.07, 6.45) is 1.83. The van der Waals surface area contributed by atoms with Gasteiger partial charge in [-0.05, 0) is 13.8 Å². The Labute approximate surface area is 99.2 Å². The molecule has 0 amide bonds. The molecule has 0 bridgehead atoms. The van der Waals surface area contributed by atoms with Crippen LogP contribution in [-0.4, -0.2) is 19.6 Å². The minimum atomic E-state index is -0.270. The predicted molar refractivity (Wildman–Crippen MR) is 63.1 cm³/mol. The van der Waals surface area contributed by atoms with Crippen LogP contribution in [-0.2, 0) is 20.1 Å². The van der Waals surface area contributed by atoms with Crippen LogP contribution in [0.3, 0.4) is 0 Å². The Hall–Kier alpha value is -1.85. The van der Waals surface area contributed by atoms with Crippen LogP contribution < -0.4 is 5.32 Å². The molecule has 5 nitrogen and oxygen atoms in total. The van der Waals surface area contributed by atoms with Crippen molar-refractivity contribution in [2.45, 2.75) is 26.9 Å². The summed E-state index contributed by atoms with van der Waals surface area (Å²) in [5.41, 5.74) is 1.31. The first-order valence-corrected chi connectivity index (χ1v) is 5.57. The number of rotatable bonds is 4. The molecule has 92 valence electrons. The third-order valence-electron chi connectivity index (χ3n) is 2.64. The van der Waals surface area contributed by atoms with Gasteiger partial charge in [0.2, 0.25) is 5.95 Å². The minimum Gasteiger partial charge on any atom is -0.364 e. The van der Waals surface area contributed by atoms with E-state index in [1.165, 1.54) is 4.68 Å². The van der Waals surface area contributed by atoms with Crippen LogP contribution in [0.15, 0.2) is 12.3 Å². The van der Waals surface area contributed by atoms with E-state index in [2.05, 4.69) is 15.5 Å². The molecule has 0 saturated heterocycles. The third kappa shape index (κ3) is 2.30. The van der Waals surface area contributed by atoms with Crippen LogP contribution in [0, 0.1) is 12.9 Å². The van der Waals surface area contributed by atoms with Gasteiger partial charge in [-0.25, -0.2) is 4.68 Å². The summed E-state index contributed by atoms with van der Waals surface area (Å²) in [6, 6.07) is 1.84. The topological polar surface area (TPSA) is 47.7 Å². The summed E-state index contributed by atoms with van der Waals surface area (Å²) in [7, 11) is 1.84. The highest BCUT2D eigenvalue weighted by atomic mass is 19.1. The average molecular weight is 237 g/mol. The molecule has 0 atom stereocenters. The zero-order valence-corrected chi connectivity index (χ0v) is 10.2. The first-order valence-electron chi connectivity index (χ1n) is 5.57. The van der Waals surface area contributed by atoms with Crippen LogP contribution in [0.2, 0.25) is 0 Å². The number of anilines is 1. The fraction of sp³-hybridized carbons (Fsp3) is 0.455. The molecule has 0 aromatic carbocycles. The summed E-state index contributed by atoms with van der Waals surface area (Å²) < 4.78 is 16.9. The average Bonchev–Trinajstić information content (AvgIpc) is 2.82. The molecule has 2 aromatic rings. The van der Waals surface area contributed by atoms with Gasteiger partial charge >= 0.3 is 0 Å². The molecule has 2 rings (SSSR count). The highest BCUT2D eigenvalue weighted by Crippen LogP contribution is 2.14. The van der Waals surface area contributed by atoms with Gasteiger partial charge < -0.3 is 5.32 Å². The number of hydrogen-bond donors (Lipinski definition) is 1. The van der Waals surface area contributed by atoms with Crippen molar-refractivity contribution >= 4 is 5.82 Å². The highest BCUT2D eigenvalue weighted by molar-refractivity contribution is 5.34. The van der Waals surface area contributed by atoms with Crippen molar-refractivity contribution in [3.63, 3.8) is 0 Å². The van der Waals surface area contributed by atoms with E-state index in [4.69, 9.17) is 0 Å². The summed E-state index contributed by atoms with van der Waals surface area (Å²) in [6.45, 7) is 4.61. The van der Waals surface area contributed by atoms with Gasteiger partial charge in [0.15, 0.2) is 0 Å². The lowest BCUT2D eigenvalue weighted by Gasteiger charge is -2.02. The SMILES string of the molecule is CCn1nc(C)c(CNc2ccn(C)n2)c1F. The second kappa shape index (κ2) is 4.57. The normalized spacial score (nSPS) is 10.8. The number of nitrogens with one attached hydrogen (secondary N) is 1. The number of aromatic nitrogens is 4. The highest BCUT2D eigenvalue weighted by Gasteiger charge is 2.13. The first kappa shape index (κ1) is 11.6. The molecular weight excluding hydrogens is 221 g/mol. The molecule has 2 heterocycles. The van der Waals surface area contributed by atoms with Crippen molar-refractivity contribution in [2.75, 3.05) is 5.32 Å². The van der Waals surface area contributed by atoms with Gasteiger partial charge in [0, 0.05) is 38.0 Å². The molecule has 2 aromatic heterocycles. The van der Waals surface area contributed by atoms with E-state index >= 15 is 0 Å². The summed E-state index contributed by atoms with van der Waals surface area (Å²) in [4.78, 5) is 0. The number of nitrogens with zero attached hydrogens (tertiary/aromatic N) is 4. The Bertz CT molecular complexity index is 514. The lowest BCUT2D eigenvalue weighted by atomic mass is 10.2. The van der Waals surface area contributed by atoms with Crippen molar-refractivity contribution in [1.29, 1.82) is 0 Å². The predicted octanol–water partition coefficient (Wildman–Crippen LogP) is 1.70. The molecule has 1 N–H and O–H groups in total. The van der Waals surface area contributed by atoms with Crippen LogP contribution in [0.4, 0.5) is 10.2 Å². The Balaban J connectivity index is 2.11. The largest absolute Gasteiger partial charge is 0.364 e. The van der Waals surface area contributed by atoms with Crippen LogP contribution >= 0.6 is 0 Å². The van der Waals surface area contributed by atoms with Crippen molar-refractivity contribution in [1.82, 2.24) is 19.6 Å². The molecule has 0 saturated carbocycles. The number of aryl methyl sites for hydroxylation is 3. The van der Waals surface area contributed by atoms with Gasteiger partial charge in [0.05, 0.1) is 5.69 Å². The van der Waals surface area contributed by atoms with Gasteiger partial charge in [-0.15, -0.1) is 0 Å². The molecular formula is C11H16FN5. The van der Waals surface area contributed by atoms with Crippen molar-refractivity contribution in [3.8, 4) is 0 Å². The Kier molecular flexibility index (Phi) is 3.12. The zero-order valence-electron chi connectivity index (χ0n) is 10.2. The van der Waals surface area contributed by atoms with Gasteiger partial charge in [-0.3, -0.25) is 4.68 Å². The number of halogens is 1. The second-order valence-corrected chi connectivity index (χ2v) is 3.90. The van der Waals surface area contributed by atoms with E-state index in [1.54, 1.807) is 4.68 Å².